The molecule has 5 heteroatoms. The normalized spacial score (nSPS) is 19.3. The molecule has 1 fully saturated rings. The first-order valence-electron chi connectivity index (χ1n) is 8.06. The van der Waals surface area contributed by atoms with Gasteiger partial charge in [-0.3, -0.25) is 9.48 Å². The third kappa shape index (κ3) is 3.77. The van der Waals surface area contributed by atoms with Crippen LogP contribution in [-0.2, 0) is 11.8 Å². The molecular formula is C17H27N3O2. The van der Waals surface area contributed by atoms with E-state index in [1.165, 1.54) is 25.3 Å². The van der Waals surface area contributed by atoms with Gasteiger partial charge in [0.25, 0.3) is 0 Å². The van der Waals surface area contributed by atoms with E-state index in [1.807, 2.05) is 20.9 Å². The van der Waals surface area contributed by atoms with E-state index in [0.717, 1.165) is 24.1 Å². The highest BCUT2D eigenvalue weighted by molar-refractivity contribution is 5.92. The van der Waals surface area contributed by atoms with Crippen molar-refractivity contribution in [2.45, 2.75) is 51.5 Å². The summed E-state index contributed by atoms with van der Waals surface area (Å²) in [4.78, 5) is 12.2. The Hall–Kier alpha value is -1.62. The Kier molecular flexibility index (Phi) is 5.40. The van der Waals surface area contributed by atoms with Crippen molar-refractivity contribution in [3.8, 4) is 0 Å². The predicted molar refractivity (Wildman–Crippen MR) is 87.2 cm³/mol. The zero-order valence-corrected chi connectivity index (χ0v) is 13.8. The van der Waals surface area contributed by atoms with Crippen molar-refractivity contribution in [3.05, 3.63) is 23.5 Å². The van der Waals surface area contributed by atoms with Gasteiger partial charge in [0.1, 0.15) is 0 Å². The van der Waals surface area contributed by atoms with Crippen LogP contribution in [0.1, 0.15) is 50.3 Å². The van der Waals surface area contributed by atoms with Gasteiger partial charge in [0.2, 0.25) is 5.91 Å². The highest BCUT2D eigenvalue weighted by atomic mass is 16.3. The molecular weight excluding hydrogens is 278 g/mol. The van der Waals surface area contributed by atoms with Crippen LogP contribution < -0.4 is 5.32 Å². The molecule has 1 amide bonds. The standard InChI is InChI=1S/C17H27N3O2/c1-13-14(11-18-20(13)3)9-10-16(22)19-17(2,12-21)15-7-5-4-6-8-15/h9-11,15,21H,4-8,12H2,1-3H3,(H,19,22)/b10-9+. The van der Waals surface area contributed by atoms with Gasteiger partial charge in [0.05, 0.1) is 18.3 Å². The van der Waals surface area contributed by atoms with E-state index >= 15 is 0 Å². The topological polar surface area (TPSA) is 67.2 Å². The zero-order valence-electron chi connectivity index (χ0n) is 13.8. The lowest BCUT2D eigenvalue weighted by Gasteiger charge is -2.39. The molecule has 22 heavy (non-hydrogen) atoms. The summed E-state index contributed by atoms with van der Waals surface area (Å²) in [7, 11) is 1.87. The molecule has 0 aliphatic heterocycles. The van der Waals surface area contributed by atoms with Gasteiger partial charge in [-0.1, -0.05) is 19.3 Å². The summed E-state index contributed by atoms with van der Waals surface area (Å²) in [6.07, 6.45) is 10.8. The second-order valence-electron chi connectivity index (χ2n) is 6.54. The van der Waals surface area contributed by atoms with E-state index < -0.39 is 5.54 Å². The Balaban J connectivity index is 2.01. The number of nitrogens with one attached hydrogen (secondary N) is 1. The molecule has 1 aliphatic carbocycles. The van der Waals surface area contributed by atoms with Crippen molar-refractivity contribution < 1.29 is 9.90 Å². The predicted octanol–water partition coefficient (Wildman–Crippen LogP) is 2.19. The zero-order chi connectivity index (χ0) is 16.2. The van der Waals surface area contributed by atoms with Crippen molar-refractivity contribution in [3.63, 3.8) is 0 Å². The molecule has 1 heterocycles. The number of aryl methyl sites for hydroxylation is 1. The van der Waals surface area contributed by atoms with Crippen LogP contribution in [0.2, 0.25) is 0 Å². The minimum atomic E-state index is -0.536. The van der Waals surface area contributed by atoms with Gasteiger partial charge < -0.3 is 10.4 Å². The van der Waals surface area contributed by atoms with Crippen LogP contribution in [0.15, 0.2) is 12.3 Å². The summed E-state index contributed by atoms with van der Waals surface area (Å²) in [5.41, 5.74) is 1.41. The molecule has 0 radical (unpaired) electrons. The number of aromatic nitrogens is 2. The van der Waals surface area contributed by atoms with Crippen molar-refractivity contribution >= 4 is 12.0 Å². The molecule has 1 aromatic rings. The summed E-state index contributed by atoms with van der Waals surface area (Å²) in [5.74, 6) is 0.189. The minimum absolute atomic E-state index is 0.0246. The summed E-state index contributed by atoms with van der Waals surface area (Å²) in [6.45, 7) is 3.89. The van der Waals surface area contributed by atoms with Gasteiger partial charge in [0, 0.05) is 24.4 Å². The molecule has 2 rings (SSSR count). The van der Waals surface area contributed by atoms with E-state index in [4.69, 9.17) is 0 Å². The van der Waals surface area contributed by atoms with Crippen LogP contribution in [0.5, 0.6) is 0 Å². The van der Waals surface area contributed by atoms with E-state index in [1.54, 1.807) is 17.0 Å². The molecule has 1 unspecified atom stereocenters. The molecule has 1 aliphatic rings. The second-order valence-corrected chi connectivity index (χ2v) is 6.54. The smallest absolute Gasteiger partial charge is 0.244 e. The van der Waals surface area contributed by atoms with E-state index in [9.17, 15) is 9.90 Å². The first kappa shape index (κ1) is 16.7. The van der Waals surface area contributed by atoms with Gasteiger partial charge in [-0.2, -0.15) is 5.10 Å². The first-order chi connectivity index (χ1) is 10.5. The third-order valence-electron chi connectivity index (χ3n) is 4.93. The second kappa shape index (κ2) is 7.09. The number of carbonyl (C=O) groups excluding carboxylic acids is 1. The van der Waals surface area contributed by atoms with Crippen LogP contribution in [0.25, 0.3) is 6.08 Å². The summed E-state index contributed by atoms with van der Waals surface area (Å²) in [6, 6.07) is 0. The summed E-state index contributed by atoms with van der Waals surface area (Å²) >= 11 is 0. The van der Waals surface area contributed by atoms with E-state index in [2.05, 4.69) is 10.4 Å². The van der Waals surface area contributed by atoms with Crippen molar-refractivity contribution in [1.29, 1.82) is 0 Å². The quantitative estimate of drug-likeness (QED) is 0.820. The number of rotatable bonds is 5. The lowest BCUT2D eigenvalue weighted by molar-refractivity contribution is -0.119. The number of aliphatic hydroxyl groups is 1. The van der Waals surface area contributed by atoms with Crippen LogP contribution in [0.4, 0.5) is 0 Å². The molecule has 1 saturated carbocycles. The molecule has 122 valence electrons. The number of hydrogen-bond acceptors (Lipinski definition) is 3. The number of amides is 1. The average Bonchev–Trinajstić information content (AvgIpc) is 2.85. The number of carbonyl (C=O) groups is 1. The number of nitrogens with zero attached hydrogens (tertiary/aromatic N) is 2. The molecule has 1 atom stereocenters. The lowest BCUT2D eigenvalue weighted by atomic mass is 9.76. The van der Waals surface area contributed by atoms with Crippen LogP contribution in [-0.4, -0.2) is 32.9 Å². The van der Waals surface area contributed by atoms with E-state index in [-0.39, 0.29) is 12.5 Å². The molecule has 0 aromatic carbocycles. The maximum atomic E-state index is 12.2. The Bertz CT molecular complexity index is 544. The lowest BCUT2D eigenvalue weighted by Crippen LogP contribution is -2.54. The molecule has 1 aromatic heterocycles. The Labute approximate surface area is 132 Å². The molecule has 0 spiro atoms. The average molecular weight is 305 g/mol. The van der Waals surface area contributed by atoms with Gasteiger partial charge in [-0.05, 0) is 38.7 Å². The van der Waals surface area contributed by atoms with Gasteiger partial charge in [0.15, 0.2) is 0 Å². The molecule has 0 bridgehead atoms. The fourth-order valence-corrected chi connectivity index (χ4v) is 3.18. The fraction of sp³-hybridized carbons (Fsp3) is 0.647. The Morgan fingerprint density at radius 1 is 1.50 bits per heavy atom. The third-order valence-corrected chi connectivity index (χ3v) is 4.93. The van der Waals surface area contributed by atoms with Crippen LogP contribution in [0, 0.1) is 12.8 Å². The number of hydrogen-bond donors (Lipinski definition) is 2. The SMILES string of the molecule is Cc1c(/C=C/C(=O)NC(C)(CO)C2CCCCC2)cnn1C. The maximum Gasteiger partial charge on any atom is 0.244 e. The van der Waals surface area contributed by atoms with Gasteiger partial charge >= 0.3 is 0 Å². The maximum absolute atomic E-state index is 12.2. The van der Waals surface area contributed by atoms with Crippen molar-refractivity contribution in [1.82, 2.24) is 15.1 Å². The largest absolute Gasteiger partial charge is 0.394 e. The Morgan fingerprint density at radius 3 is 2.73 bits per heavy atom. The fourth-order valence-electron chi connectivity index (χ4n) is 3.18. The first-order valence-corrected chi connectivity index (χ1v) is 8.06. The minimum Gasteiger partial charge on any atom is -0.394 e. The van der Waals surface area contributed by atoms with E-state index in [0.29, 0.717) is 5.92 Å². The summed E-state index contributed by atoms with van der Waals surface area (Å²) < 4.78 is 1.78. The van der Waals surface area contributed by atoms with Crippen LogP contribution >= 0.6 is 0 Å². The number of aliphatic hydroxyl groups excluding tert-OH is 1. The van der Waals surface area contributed by atoms with Crippen LogP contribution in [0.3, 0.4) is 0 Å². The monoisotopic (exact) mass is 305 g/mol. The highest BCUT2D eigenvalue weighted by Gasteiger charge is 2.35. The highest BCUT2D eigenvalue weighted by Crippen LogP contribution is 2.32. The molecule has 2 N–H and O–H groups in total. The summed E-state index contributed by atoms with van der Waals surface area (Å²) in [5, 5.41) is 16.9. The van der Waals surface area contributed by atoms with Crippen molar-refractivity contribution in [2.24, 2.45) is 13.0 Å². The molecule has 0 saturated heterocycles. The van der Waals surface area contributed by atoms with Crippen molar-refractivity contribution in [2.75, 3.05) is 6.61 Å². The van der Waals surface area contributed by atoms with Gasteiger partial charge in [-0.25, -0.2) is 0 Å². The molecule has 5 nitrogen and oxygen atoms in total. The van der Waals surface area contributed by atoms with Gasteiger partial charge in [-0.15, -0.1) is 0 Å². The Morgan fingerprint density at radius 2 is 2.18 bits per heavy atom.